The summed E-state index contributed by atoms with van der Waals surface area (Å²) < 4.78 is 0. The summed E-state index contributed by atoms with van der Waals surface area (Å²) in [5, 5.41) is 10.6. The Hall–Kier alpha value is -1.29. The highest BCUT2D eigenvalue weighted by molar-refractivity contribution is 7.13. The number of hydrogen-bond donors (Lipinski definition) is 1. The summed E-state index contributed by atoms with van der Waals surface area (Å²) in [4.78, 5) is 1.15. The molecule has 0 aliphatic rings. The van der Waals surface area contributed by atoms with Gasteiger partial charge in [0.05, 0.1) is 16.3 Å². The molecule has 3 aromatic rings. The van der Waals surface area contributed by atoms with Crippen LogP contribution in [0.1, 0.15) is 0 Å². The van der Waals surface area contributed by atoms with Gasteiger partial charge in [0.15, 0.2) is 0 Å². The number of aromatic amines is 1. The number of H-pyrrole nitrogens is 1. The van der Waals surface area contributed by atoms with Crippen LogP contribution in [0.25, 0.3) is 21.8 Å². The van der Waals surface area contributed by atoms with Crippen molar-refractivity contribution in [1.29, 1.82) is 0 Å². The smallest absolute Gasteiger partial charge is 0.0928 e. The van der Waals surface area contributed by atoms with Gasteiger partial charge in [-0.2, -0.15) is 5.10 Å². The summed E-state index contributed by atoms with van der Waals surface area (Å²) in [5.74, 6) is 0. The number of nitrogens with one attached hydrogen (secondary N) is 1. The zero-order valence-electron chi connectivity index (χ0n) is 9.15. The van der Waals surface area contributed by atoms with Crippen molar-refractivity contribution < 1.29 is 0 Å². The fourth-order valence-electron chi connectivity index (χ4n) is 1.73. The monoisotopic (exact) mass is 294 g/mol. The van der Waals surface area contributed by atoms with Crippen LogP contribution in [0.5, 0.6) is 0 Å². The molecule has 5 heteroatoms. The van der Waals surface area contributed by atoms with Crippen molar-refractivity contribution in [2.45, 2.75) is 0 Å². The lowest BCUT2D eigenvalue weighted by Crippen LogP contribution is -1.78. The first-order valence-corrected chi connectivity index (χ1v) is 6.92. The number of thiophene rings is 1. The standard InChI is InChI=1S/C13H8Cl2N2S/c14-9-4-8(5-10(15)6-9)11-7-12(17-16-11)13-2-1-3-18-13/h1-7H,(H,16,17). The van der Waals surface area contributed by atoms with E-state index >= 15 is 0 Å². The van der Waals surface area contributed by atoms with E-state index in [1.807, 2.05) is 35.7 Å². The van der Waals surface area contributed by atoms with Gasteiger partial charge in [-0.05, 0) is 35.7 Å². The molecule has 18 heavy (non-hydrogen) atoms. The van der Waals surface area contributed by atoms with Gasteiger partial charge in [0, 0.05) is 15.6 Å². The highest BCUT2D eigenvalue weighted by atomic mass is 35.5. The minimum absolute atomic E-state index is 0.609. The zero-order valence-corrected chi connectivity index (χ0v) is 11.5. The molecular formula is C13H8Cl2N2S. The largest absolute Gasteiger partial charge is 0.276 e. The second kappa shape index (κ2) is 4.76. The van der Waals surface area contributed by atoms with Crippen molar-refractivity contribution in [3.8, 4) is 21.8 Å². The lowest BCUT2D eigenvalue weighted by atomic mass is 10.1. The Bertz CT molecular complexity index is 654. The molecule has 0 bridgehead atoms. The van der Waals surface area contributed by atoms with Crippen LogP contribution in [0.2, 0.25) is 10.0 Å². The van der Waals surface area contributed by atoms with Crippen LogP contribution in [0, 0.1) is 0 Å². The Morgan fingerprint density at radius 1 is 1.06 bits per heavy atom. The van der Waals surface area contributed by atoms with Gasteiger partial charge < -0.3 is 0 Å². The molecule has 0 atom stereocenters. The molecule has 0 unspecified atom stereocenters. The van der Waals surface area contributed by atoms with E-state index in [4.69, 9.17) is 23.2 Å². The molecule has 1 N–H and O–H groups in total. The SMILES string of the molecule is Clc1cc(Cl)cc(-c2cc(-c3cccs3)[nH]n2)c1. The molecule has 2 heterocycles. The quantitative estimate of drug-likeness (QED) is 0.699. The molecule has 3 rings (SSSR count). The summed E-state index contributed by atoms with van der Waals surface area (Å²) in [6.07, 6.45) is 0. The molecule has 1 aromatic carbocycles. The van der Waals surface area contributed by atoms with Gasteiger partial charge in [-0.3, -0.25) is 5.10 Å². The van der Waals surface area contributed by atoms with Crippen molar-refractivity contribution >= 4 is 34.5 Å². The first kappa shape index (κ1) is 11.8. The van der Waals surface area contributed by atoms with E-state index in [9.17, 15) is 0 Å². The third-order valence-corrected chi connectivity index (χ3v) is 3.86. The highest BCUT2D eigenvalue weighted by Gasteiger charge is 2.08. The van der Waals surface area contributed by atoms with Gasteiger partial charge in [-0.1, -0.05) is 29.3 Å². The topological polar surface area (TPSA) is 28.7 Å². The van der Waals surface area contributed by atoms with Gasteiger partial charge >= 0.3 is 0 Å². The third kappa shape index (κ3) is 2.29. The molecule has 0 aliphatic heterocycles. The predicted molar refractivity (Wildman–Crippen MR) is 77.4 cm³/mol. The van der Waals surface area contributed by atoms with E-state index in [1.165, 1.54) is 0 Å². The van der Waals surface area contributed by atoms with E-state index < -0.39 is 0 Å². The predicted octanol–water partition coefficient (Wildman–Crippen LogP) is 5.11. The van der Waals surface area contributed by atoms with Crippen molar-refractivity contribution in [3.63, 3.8) is 0 Å². The first-order valence-electron chi connectivity index (χ1n) is 5.28. The van der Waals surface area contributed by atoms with Gasteiger partial charge in [0.1, 0.15) is 0 Å². The van der Waals surface area contributed by atoms with E-state index in [-0.39, 0.29) is 0 Å². The average Bonchev–Trinajstić information content (AvgIpc) is 2.99. The van der Waals surface area contributed by atoms with E-state index in [1.54, 1.807) is 17.4 Å². The fraction of sp³-hybridized carbons (Fsp3) is 0. The maximum Gasteiger partial charge on any atom is 0.0928 e. The number of hydrogen-bond acceptors (Lipinski definition) is 2. The molecule has 2 aromatic heterocycles. The lowest BCUT2D eigenvalue weighted by molar-refractivity contribution is 1.10. The number of rotatable bonds is 2. The molecule has 0 amide bonds. The van der Waals surface area contributed by atoms with Crippen LogP contribution in [-0.2, 0) is 0 Å². The number of nitrogens with zero attached hydrogens (tertiary/aromatic N) is 1. The highest BCUT2D eigenvalue weighted by Crippen LogP contribution is 2.29. The van der Waals surface area contributed by atoms with Crippen LogP contribution < -0.4 is 0 Å². The maximum absolute atomic E-state index is 5.99. The normalized spacial score (nSPS) is 10.8. The first-order chi connectivity index (χ1) is 8.72. The molecular weight excluding hydrogens is 287 g/mol. The van der Waals surface area contributed by atoms with Gasteiger partial charge in [0.25, 0.3) is 0 Å². The summed E-state index contributed by atoms with van der Waals surface area (Å²) in [7, 11) is 0. The maximum atomic E-state index is 5.99. The Kier molecular flexibility index (Phi) is 3.12. The Labute approximate surface area is 118 Å². The molecule has 0 radical (unpaired) electrons. The third-order valence-electron chi connectivity index (χ3n) is 2.52. The van der Waals surface area contributed by atoms with Crippen molar-refractivity contribution in [1.82, 2.24) is 10.2 Å². The molecule has 0 aliphatic carbocycles. The molecule has 0 spiro atoms. The molecule has 2 nitrogen and oxygen atoms in total. The fourth-order valence-corrected chi connectivity index (χ4v) is 2.95. The molecule has 90 valence electrons. The lowest BCUT2D eigenvalue weighted by Gasteiger charge is -1.98. The summed E-state index contributed by atoms with van der Waals surface area (Å²) in [6.45, 7) is 0. The molecule has 0 fully saturated rings. The van der Waals surface area contributed by atoms with Crippen molar-refractivity contribution in [2.75, 3.05) is 0 Å². The summed E-state index contributed by atoms with van der Waals surface area (Å²) >= 11 is 13.6. The summed E-state index contributed by atoms with van der Waals surface area (Å²) in [6, 6.07) is 11.5. The van der Waals surface area contributed by atoms with Crippen molar-refractivity contribution in [2.24, 2.45) is 0 Å². The molecule has 0 saturated heterocycles. The zero-order chi connectivity index (χ0) is 12.5. The van der Waals surface area contributed by atoms with E-state index in [2.05, 4.69) is 10.2 Å². The van der Waals surface area contributed by atoms with Crippen LogP contribution in [-0.4, -0.2) is 10.2 Å². The van der Waals surface area contributed by atoms with Crippen LogP contribution in [0.4, 0.5) is 0 Å². The van der Waals surface area contributed by atoms with Crippen molar-refractivity contribution in [3.05, 3.63) is 51.8 Å². The van der Waals surface area contributed by atoms with Crippen LogP contribution >= 0.6 is 34.5 Å². The molecule has 0 saturated carbocycles. The van der Waals surface area contributed by atoms with Crippen LogP contribution in [0.3, 0.4) is 0 Å². The van der Waals surface area contributed by atoms with Gasteiger partial charge in [0.2, 0.25) is 0 Å². The number of benzene rings is 1. The van der Waals surface area contributed by atoms with Gasteiger partial charge in [-0.15, -0.1) is 11.3 Å². The van der Waals surface area contributed by atoms with Gasteiger partial charge in [-0.25, -0.2) is 0 Å². The number of aromatic nitrogens is 2. The minimum Gasteiger partial charge on any atom is -0.276 e. The second-order valence-corrected chi connectivity index (χ2v) is 5.62. The Morgan fingerprint density at radius 3 is 2.50 bits per heavy atom. The minimum atomic E-state index is 0.609. The van der Waals surface area contributed by atoms with E-state index in [0.29, 0.717) is 10.0 Å². The van der Waals surface area contributed by atoms with Crippen LogP contribution in [0.15, 0.2) is 41.8 Å². The number of halogens is 2. The second-order valence-electron chi connectivity index (χ2n) is 3.80. The average molecular weight is 295 g/mol. The Morgan fingerprint density at radius 2 is 1.83 bits per heavy atom. The Balaban J connectivity index is 2.03. The summed E-state index contributed by atoms with van der Waals surface area (Å²) in [5.41, 5.74) is 2.74. The van der Waals surface area contributed by atoms with E-state index in [0.717, 1.165) is 21.8 Å².